The molecule has 0 aromatic heterocycles. The number of thioether (sulfide) groups is 1. The molecule has 5 nitrogen and oxygen atoms in total. The fraction of sp³-hybridized carbons (Fsp3) is 0.333. The average Bonchev–Trinajstić information content (AvgIpc) is 2.46. The molecule has 0 bridgehead atoms. The third-order valence-electron chi connectivity index (χ3n) is 2.96. The molecule has 0 saturated carbocycles. The quantitative estimate of drug-likeness (QED) is 0.798. The number of halogens is 1. The molecular formula is C15H15FN2O3S. The number of rotatable bonds is 4. The number of benzene rings is 1. The van der Waals surface area contributed by atoms with E-state index in [1.54, 1.807) is 26.0 Å². The summed E-state index contributed by atoms with van der Waals surface area (Å²) in [6, 6.07) is 5.39. The molecule has 1 heterocycles. The van der Waals surface area contributed by atoms with E-state index in [4.69, 9.17) is 4.74 Å². The molecular weight excluding hydrogens is 307 g/mol. The first kappa shape index (κ1) is 16.4. The van der Waals surface area contributed by atoms with Crippen molar-refractivity contribution < 1.29 is 18.7 Å². The van der Waals surface area contributed by atoms with Crippen LogP contribution in [0.2, 0.25) is 0 Å². The highest BCUT2D eigenvalue weighted by Gasteiger charge is 2.33. The smallest absolute Gasteiger partial charge is 0.367 e. The molecule has 1 aromatic carbocycles. The Morgan fingerprint density at radius 2 is 2.00 bits per heavy atom. The summed E-state index contributed by atoms with van der Waals surface area (Å²) in [6.45, 7) is 3.56. The maximum atomic E-state index is 12.9. The highest BCUT2D eigenvalue weighted by molar-refractivity contribution is 8.13. The summed E-state index contributed by atoms with van der Waals surface area (Å²) in [7, 11) is 0. The summed E-state index contributed by atoms with van der Waals surface area (Å²) < 4.78 is 17.9. The predicted molar refractivity (Wildman–Crippen MR) is 83.8 cm³/mol. The standard InChI is InChI=1S/C15H15FN2O3S/c1-3-21-14(19)12-9(2)17-15(20)18-13(12)22-8-10-4-6-11(16)7-5-10/h4-7,12H,3,8H2,1-2H3. The number of nitrogens with zero attached hydrogens (tertiary/aromatic N) is 2. The molecule has 7 heteroatoms. The van der Waals surface area contributed by atoms with E-state index in [-0.39, 0.29) is 12.4 Å². The lowest BCUT2D eigenvalue weighted by molar-refractivity contribution is -0.143. The van der Waals surface area contributed by atoms with Crippen LogP contribution in [0, 0.1) is 11.7 Å². The number of hydrogen-bond acceptors (Lipinski definition) is 4. The molecule has 1 aliphatic rings. The van der Waals surface area contributed by atoms with Crippen molar-refractivity contribution in [1.29, 1.82) is 0 Å². The van der Waals surface area contributed by atoms with Gasteiger partial charge in [0.25, 0.3) is 0 Å². The highest BCUT2D eigenvalue weighted by Crippen LogP contribution is 2.24. The first-order valence-corrected chi connectivity index (χ1v) is 7.71. The molecule has 0 spiro atoms. The Morgan fingerprint density at radius 1 is 1.32 bits per heavy atom. The van der Waals surface area contributed by atoms with Gasteiger partial charge in [0.15, 0.2) is 0 Å². The summed E-state index contributed by atoms with van der Waals surface area (Å²) in [5.41, 5.74) is 1.24. The normalized spacial score (nSPS) is 17.8. The van der Waals surface area contributed by atoms with Crippen molar-refractivity contribution in [3.63, 3.8) is 0 Å². The van der Waals surface area contributed by atoms with Crippen molar-refractivity contribution in [3.8, 4) is 0 Å². The Kier molecular flexibility index (Phi) is 5.43. The van der Waals surface area contributed by atoms with E-state index in [1.165, 1.54) is 23.9 Å². The van der Waals surface area contributed by atoms with Crippen LogP contribution in [0.5, 0.6) is 0 Å². The maximum Gasteiger partial charge on any atom is 0.367 e. The monoisotopic (exact) mass is 322 g/mol. The minimum absolute atomic E-state index is 0.243. The topological polar surface area (TPSA) is 68.1 Å². The fourth-order valence-electron chi connectivity index (χ4n) is 1.93. The highest BCUT2D eigenvalue weighted by atomic mass is 32.2. The van der Waals surface area contributed by atoms with Gasteiger partial charge in [-0.3, -0.25) is 4.79 Å². The number of carbonyl (C=O) groups excluding carboxylic acids is 2. The van der Waals surface area contributed by atoms with Crippen LogP contribution in [0.25, 0.3) is 0 Å². The molecule has 0 aliphatic carbocycles. The van der Waals surface area contributed by atoms with Gasteiger partial charge in [-0.25, -0.2) is 9.18 Å². The molecule has 0 radical (unpaired) electrons. The summed E-state index contributed by atoms with van der Waals surface area (Å²) in [5, 5.41) is 0.361. The van der Waals surface area contributed by atoms with Gasteiger partial charge in [0.1, 0.15) is 11.7 Å². The van der Waals surface area contributed by atoms with E-state index in [0.29, 0.717) is 16.5 Å². The van der Waals surface area contributed by atoms with E-state index in [9.17, 15) is 14.0 Å². The number of hydrogen-bond donors (Lipinski definition) is 0. The first-order valence-electron chi connectivity index (χ1n) is 6.73. The van der Waals surface area contributed by atoms with E-state index in [0.717, 1.165) is 5.56 Å². The zero-order valence-electron chi connectivity index (χ0n) is 12.2. The van der Waals surface area contributed by atoms with Crippen molar-refractivity contribution in [2.24, 2.45) is 15.9 Å². The van der Waals surface area contributed by atoms with Gasteiger partial charge in [-0.1, -0.05) is 12.1 Å². The molecule has 22 heavy (non-hydrogen) atoms. The van der Waals surface area contributed by atoms with Gasteiger partial charge in [-0.15, -0.1) is 11.8 Å². The second-order valence-electron chi connectivity index (χ2n) is 4.59. The van der Waals surface area contributed by atoms with Crippen LogP contribution in [0.4, 0.5) is 9.18 Å². The Balaban J connectivity index is 2.13. The van der Waals surface area contributed by atoms with E-state index < -0.39 is 17.9 Å². The molecule has 2 amide bonds. The van der Waals surface area contributed by atoms with Crippen LogP contribution in [0.3, 0.4) is 0 Å². The zero-order valence-corrected chi connectivity index (χ0v) is 13.0. The van der Waals surface area contributed by atoms with Gasteiger partial charge in [0.2, 0.25) is 0 Å². The van der Waals surface area contributed by atoms with Crippen molar-refractivity contribution in [2.45, 2.75) is 19.6 Å². The van der Waals surface area contributed by atoms with Crippen LogP contribution < -0.4 is 0 Å². The van der Waals surface area contributed by atoms with Crippen molar-refractivity contribution in [1.82, 2.24) is 0 Å². The third-order valence-corrected chi connectivity index (χ3v) is 4.07. The van der Waals surface area contributed by atoms with Crippen LogP contribution in [0.15, 0.2) is 34.3 Å². The lowest BCUT2D eigenvalue weighted by Gasteiger charge is -2.19. The summed E-state index contributed by atoms with van der Waals surface area (Å²) in [4.78, 5) is 31.0. The van der Waals surface area contributed by atoms with E-state index in [2.05, 4.69) is 9.98 Å². The number of ether oxygens (including phenoxy) is 1. The molecule has 0 N–H and O–H groups in total. The third kappa shape index (κ3) is 4.00. The van der Waals surface area contributed by atoms with Crippen molar-refractivity contribution in [3.05, 3.63) is 35.6 Å². The van der Waals surface area contributed by atoms with Crippen molar-refractivity contribution >= 4 is 34.5 Å². The van der Waals surface area contributed by atoms with Crippen LogP contribution in [0.1, 0.15) is 19.4 Å². The number of esters is 1. The SMILES string of the molecule is CCOC(=O)C1C(C)=NC(=O)N=C1SCc1ccc(F)cc1. The lowest BCUT2D eigenvalue weighted by Crippen LogP contribution is -2.34. The first-order chi connectivity index (χ1) is 10.5. The Bertz CT molecular complexity index is 641. The van der Waals surface area contributed by atoms with Gasteiger partial charge >= 0.3 is 12.0 Å². The van der Waals surface area contributed by atoms with Gasteiger partial charge < -0.3 is 4.74 Å². The molecule has 1 atom stereocenters. The summed E-state index contributed by atoms with van der Waals surface area (Å²) >= 11 is 1.25. The molecule has 1 aromatic rings. The summed E-state index contributed by atoms with van der Waals surface area (Å²) in [5.74, 6) is -1.06. The zero-order chi connectivity index (χ0) is 16.1. The largest absolute Gasteiger partial charge is 0.465 e. The number of aliphatic imine (C=N–C) groups is 2. The molecule has 0 fully saturated rings. The van der Waals surface area contributed by atoms with Crippen molar-refractivity contribution in [2.75, 3.05) is 6.61 Å². The van der Waals surface area contributed by atoms with Gasteiger partial charge in [-0.05, 0) is 31.5 Å². The summed E-state index contributed by atoms with van der Waals surface area (Å²) in [6.07, 6.45) is 0. The Hall–Kier alpha value is -2.02. The van der Waals surface area contributed by atoms with Gasteiger partial charge in [0, 0.05) is 11.5 Å². The molecule has 1 unspecified atom stereocenters. The van der Waals surface area contributed by atoms with Gasteiger partial charge in [0.05, 0.1) is 11.7 Å². The predicted octanol–water partition coefficient (Wildman–Crippen LogP) is 3.23. The second kappa shape index (κ2) is 7.31. The Labute approximate surface area is 131 Å². The molecule has 2 rings (SSSR count). The maximum absolute atomic E-state index is 12.9. The minimum atomic E-state index is -0.747. The fourth-order valence-corrected chi connectivity index (χ4v) is 3.01. The number of amides is 2. The molecule has 116 valence electrons. The van der Waals surface area contributed by atoms with Gasteiger partial charge in [-0.2, -0.15) is 9.98 Å². The minimum Gasteiger partial charge on any atom is -0.465 e. The molecule has 1 aliphatic heterocycles. The second-order valence-corrected chi connectivity index (χ2v) is 5.58. The number of urea groups is 1. The van der Waals surface area contributed by atoms with E-state index in [1.807, 2.05) is 0 Å². The lowest BCUT2D eigenvalue weighted by atomic mass is 10.1. The molecule has 0 saturated heterocycles. The van der Waals surface area contributed by atoms with E-state index >= 15 is 0 Å². The van der Waals surface area contributed by atoms with Crippen LogP contribution in [-0.2, 0) is 15.3 Å². The number of carbonyl (C=O) groups is 2. The average molecular weight is 322 g/mol. The Morgan fingerprint density at radius 3 is 2.64 bits per heavy atom. The van der Waals surface area contributed by atoms with Crippen LogP contribution in [-0.4, -0.2) is 29.4 Å². The van der Waals surface area contributed by atoms with Crippen LogP contribution >= 0.6 is 11.8 Å².